The van der Waals surface area contributed by atoms with Crippen LogP contribution in [0.5, 0.6) is 0 Å². The zero-order valence-electron chi connectivity index (χ0n) is 19.6. The van der Waals surface area contributed by atoms with E-state index in [4.69, 9.17) is 4.42 Å². The van der Waals surface area contributed by atoms with E-state index >= 15 is 0 Å². The highest BCUT2D eigenvalue weighted by Crippen LogP contribution is 2.28. The van der Waals surface area contributed by atoms with Crippen LogP contribution in [0.4, 0.5) is 0 Å². The van der Waals surface area contributed by atoms with Gasteiger partial charge in [0.2, 0.25) is 11.8 Å². The lowest BCUT2D eigenvalue weighted by Crippen LogP contribution is -2.50. The molecule has 1 aromatic carbocycles. The Balaban J connectivity index is 1.65. The molecule has 3 atom stereocenters. The summed E-state index contributed by atoms with van der Waals surface area (Å²) in [6.45, 7) is 1.89. The van der Waals surface area contributed by atoms with E-state index < -0.39 is 28.2 Å². The molecule has 0 spiro atoms. The van der Waals surface area contributed by atoms with Crippen molar-refractivity contribution in [3.8, 4) is 0 Å². The summed E-state index contributed by atoms with van der Waals surface area (Å²) in [6, 6.07) is 6.25. The molecule has 3 N–H and O–H groups in total. The Morgan fingerprint density at radius 3 is 2.74 bits per heavy atom. The highest BCUT2D eigenvalue weighted by Gasteiger charge is 2.30. The number of fused-ring (bicyclic) bond motifs is 1. The molecule has 0 saturated heterocycles. The normalized spacial score (nSPS) is 18.2. The maximum atomic E-state index is 13.2. The lowest BCUT2D eigenvalue weighted by molar-refractivity contribution is -0.125. The van der Waals surface area contributed by atoms with Crippen molar-refractivity contribution in [3.05, 3.63) is 30.2 Å². The fourth-order valence-electron chi connectivity index (χ4n) is 4.21. The number of nitrogens with one attached hydrogen (secondary N) is 2. The van der Waals surface area contributed by atoms with Gasteiger partial charge in [-0.05, 0) is 30.9 Å². The van der Waals surface area contributed by atoms with Gasteiger partial charge in [-0.15, -0.1) is 0 Å². The smallest absolute Gasteiger partial charge is 0.250 e. The molecule has 1 amide bonds. The van der Waals surface area contributed by atoms with Crippen LogP contribution in [-0.2, 0) is 14.8 Å². The maximum Gasteiger partial charge on any atom is 0.250 e. The van der Waals surface area contributed by atoms with E-state index in [1.807, 2.05) is 25.1 Å². The first-order valence-electron chi connectivity index (χ1n) is 11.7. The van der Waals surface area contributed by atoms with Gasteiger partial charge >= 0.3 is 0 Å². The predicted octanol–water partition coefficient (Wildman–Crippen LogP) is 3.36. The largest absolute Gasteiger partial charge is 0.438 e. The zero-order chi connectivity index (χ0) is 24.6. The number of carbonyl (C=O) groups is 1. The average Bonchev–Trinajstić information content (AvgIpc) is 3.25. The van der Waals surface area contributed by atoms with Crippen LogP contribution in [0.2, 0.25) is 0 Å². The molecule has 0 radical (unpaired) electrons. The van der Waals surface area contributed by atoms with E-state index in [1.54, 1.807) is 6.07 Å². The number of thioether (sulfide) groups is 1. The van der Waals surface area contributed by atoms with Crippen molar-refractivity contribution in [1.82, 2.24) is 15.6 Å². The number of aliphatic hydroxyl groups is 1. The first kappa shape index (κ1) is 26.7. The summed E-state index contributed by atoms with van der Waals surface area (Å²) < 4.78 is 31.5. The molecule has 2 unspecified atom stereocenters. The second-order valence-corrected chi connectivity index (χ2v) is 11.2. The summed E-state index contributed by atoms with van der Waals surface area (Å²) in [5, 5.41) is 17.1. The van der Waals surface area contributed by atoms with Gasteiger partial charge in [0, 0.05) is 5.88 Å². The third-order valence-corrected chi connectivity index (χ3v) is 7.25. The molecule has 34 heavy (non-hydrogen) atoms. The van der Waals surface area contributed by atoms with Gasteiger partial charge in [-0.25, -0.2) is 13.4 Å². The van der Waals surface area contributed by atoms with Crippen LogP contribution in [0.15, 0.2) is 33.1 Å². The molecule has 1 fully saturated rings. The molecule has 1 aliphatic rings. The van der Waals surface area contributed by atoms with Crippen LogP contribution in [0.3, 0.4) is 0 Å². The first-order chi connectivity index (χ1) is 16.3. The fourth-order valence-corrected chi connectivity index (χ4v) is 5.45. The Morgan fingerprint density at radius 1 is 1.32 bits per heavy atom. The number of aromatic nitrogens is 1. The van der Waals surface area contributed by atoms with E-state index in [-0.39, 0.29) is 11.8 Å². The van der Waals surface area contributed by atoms with Gasteiger partial charge in [-0.2, -0.15) is 4.40 Å². The van der Waals surface area contributed by atoms with Gasteiger partial charge in [0.25, 0.3) is 10.0 Å². The molecular weight excluding hydrogens is 476 g/mol. The Kier molecular flexibility index (Phi) is 9.93. The van der Waals surface area contributed by atoms with Gasteiger partial charge in [0.1, 0.15) is 5.52 Å². The minimum absolute atomic E-state index is 0.178. The van der Waals surface area contributed by atoms with E-state index in [0.29, 0.717) is 35.7 Å². The molecular formula is C23H34N4O5S2. The summed E-state index contributed by atoms with van der Waals surface area (Å²) >= 11 is 1.18. The quantitative estimate of drug-likeness (QED) is 0.171. The number of para-hydroxylation sites is 2. The van der Waals surface area contributed by atoms with Crippen molar-refractivity contribution in [2.45, 2.75) is 70.1 Å². The number of nitrogens with zero attached hydrogens (tertiary/aromatic N) is 2. The lowest BCUT2D eigenvalue weighted by Gasteiger charge is -2.28. The van der Waals surface area contributed by atoms with Crippen LogP contribution in [0.1, 0.15) is 63.9 Å². The molecule has 3 rings (SSSR count). The van der Waals surface area contributed by atoms with Gasteiger partial charge in [-0.1, -0.05) is 62.9 Å². The summed E-state index contributed by atoms with van der Waals surface area (Å²) in [6.07, 6.45) is 6.90. The van der Waals surface area contributed by atoms with E-state index in [2.05, 4.69) is 20.0 Å². The molecule has 0 aliphatic heterocycles. The zero-order valence-corrected chi connectivity index (χ0v) is 21.3. The second kappa shape index (κ2) is 12.7. The van der Waals surface area contributed by atoms with Crippen LogP contribution in [0, 0.1) is 5.92 Å². The second-order valence-electron chi connectivity index (χ2n) is 8.74. The third-order valence-electron chi connectivity index (χ3n) is 6.04. The third kappa shape index (κ3) is 8.07. The van der Waals surface area contributed by atoms with Crippen LogP contribution < -0.4 is 10.6 Å². The molecule has 1 aromatic heterocycles. The fraction of sp³-hybridized carbons (Fsp3) is 0.609. The topological polar surface area (TPSA) is 134 Å². The van der Waals surface area contributed by atoms with Crippen molar-refractivity contribution >= 4 is 44.3 Å². The minimum atomic E-state index is -3.43. The van der Waals surface area contributed by atoms with E-state index in [1.165, 1.54) is 36.6 Å². The molecule has 11 heteroatoms. The van der Waals surface area contributed by atoms with E-state index in [9.17, 15) is 18.3 Å². The standard InChI is InChI=1S/C23H34N4O5S2/c1-3-17(21(28)23-27-18-11-7-8-12-20(18)32-23)26-22(29)19(13-16-9-5-4-6-10-16)24-14-33-15-25-34(2,30)31/h7-8,11-12,15-17,19,21,24,28H,3-6,9-10,13-14H2,1-2H3,(H,26,29)/t17?,19-,21?/m1/s1. The monoisotopic (exact) mass is 510 g/mol. The van der Waals surface area contributed by atoms with Gasteiger partial charge in [-0.3, -0.25) is 10.1 Å². The van der Waals surface area contributed by atoms with E-state index in [0.717, 1.165) is 19.1 Å². The van der Waals surface area contributed by atoms with Crippen molar-refractivity contribution in [2.75, 3.05) is 12.1 Å². The Hall–Kier alpha value is -1.95. The lowest BCUT2D eigenvalue weighted by atomic mass is 9.84. The number of aliphatic hydroxyl groups excluding tert-OH is 1. The van der Waals surface area contributed by atoms with Crippen molar-refractivity contribution in [3.63, 3.8) is 0 Å². The molecule has 1 heterocycles. The molecule has 1 aliphatic carbocycles. The molecule has 0 bridgehead atoms. The Morgan fingerprint density at radius 2 is 2.06 bits per heavy atom. The van der Waals surface area contributed by atoms with Crippen molar-refractivity contribution < 1.29 is 22.7 Å². The summed E-state index contributed by atoms with van der Waals surface area (Å²) in [5.74, 6) is 0.772. The predicted molar refractivity (Wildman–Crippen MR) is 135 cm³/mol. The van der Waals surface area contributed by atoms with Crippen LogP contribution in [0.25, 0.3) is 11.1 Å². The van der Waals surface area contributed by atoms with Crippen LogP contribution in [-0.4, -0.2) is 54.2 Å². The average molecular weight is 511 g/mol. The first-order valence-corrected chi connectivity index (χ1v) is 14.6. The van der Waals surface area contributed by atoms with Crippen molar-refractivity contribution in [1.29, 1.82) is 0 Å². The number of amides is 1. The number of hydrogen-bond donors (Lipinski definition) is 3. The number of carbonyl (C=O) groups excluding carboxylic acids is 1. The number of hydrogen-bond acceptors (Lipinski definition) is 8. The summed E-state index contributed by atoms with van der Waals surface area (Å²) in [7, 11) is -3.43. The molecule has 188 valence electrons. The SMILES string of the molecule is CCC(NC(=O)[C@@H](CC1CCCCC1)NCSC=NS(C)(=O)=O)C(O)c1nc2ccccc2o1. The molecule has 2 aromatic rings. The summed E-state index contributed by atoms with van der Waals surface area (Å²) in [5.41, 5.74) is 2.51. The molecule has 9 nitrogen and oxygen atoms in total. The minimum Gasteiger partial charge on any atom is -0.438 e. The van der Waals surface area contributed by atoms with Crippen molar-refractivity contribution in [2.24, 2.45) is 10.3 Å². The Labute approximate surface area is 205 Å². The highest BCUT2D eigenvalue weighted by molar-refractivity contribution is 8.12. The highest BCUT2D eigenvalue weighted by atomic mass is 32.2. The maximum absolute atomic E-state index is 13.2. The molecule has 1 saturated carbocycles. The van der Waals surface area contributed by atoms with Crippen LogP contribution >= 0.6 is 11.8 Å². The number of sulfonamides is 1. The number of benzene rings is 1. The summed E-state index contributed by atoms with van der Waals surface area (Å²) in [4.78, 5) is 17.6. The van der Waals surface area contributed by atoms with Gasteiger partial charge < -0.3 is 14.8 Å². The van der Waals surface area contributed by atoms with Gasteiger partial charge in [0.15, 0.2) is 11.7 Å². The Bertz CT molecular complexity index is 1030. The number of rotatable bonds is 12. The number of oxazole rings is 1. The van der Waals surface area contributed by atoms with Gasteiger partial charge in [0.05, 0.1) is 23.9 Å².